The average Bonchev–Trinajstić information content (AvgIpc) is 2.96. The standard InChI is InChI=1S/C18H16Cl2N2O3/c1-11(13-8-15(19)21-16(20)9-13)7-17(23)22-14(10-25-18(22)24)12-5-3-2-4-6-12/h2-6,8-9,11,14H,7,10H2,1H3/t11-,14+/m0/s1. The molecule has 0 bridgehead atoms. The van der Waals surface area contributed by atoms with Crippen LogP contribution in [0.25, 0.3) is 0 Å². The second-order valence-electron chi connectivity index (χ2n) is 5.92. The molecule has 7 heteroatoms. The van der Waals surface area contributed by atoms with Gasteiger partial charge in [-0.3, -0.25) is 4.79 Å². The number of hydrogen-bond acceptors (Lipinski definition) is 4. The first-order chi connectivity index (χ1) is 12.0. The van der Waals surface area contributed by atoms with Crippen molar-refractivity contribution in [1.29, 1.82) is 0 Å². The van der Waals surface area contributed by atoms with Gasteiger partial charge in [-0.1, -0.05) is 60.5 Å². The highest BCUT2D eigenvalue weighted by molar-refractivity contribution is 6.32. The second kappa shape index (κ2) is 7.42. The first-order valence-corrected chi connectivity index (χ1v) is 8.58. The Morgan fingerprint density at radius 3 is 2.56 bits per heavy atom. The molecule has 0 unspecified atom stereocenters. The predicted octanol–water partition coefficient (Wildman–Crippen LogP) is 4.60. The van der Waals surface area contributed by atoms with Gasteiger partial charge in [-0.2, -0.15) is 0 Å². The zero-order valence-electron chi connectivity index (χ0n) is 13.5. The molecule has 1 aliphatic heterocycles. The molecule has 2 aromatic rings. The highest BCUT2D eigenvalue weighted by atomic mass is 35.5. The molecule has 2 atom stereocenters. The van der Waals surface area contributed by atoms with Crippen LogP contribution in [-0.2, 0) is 9.53 Å². The maximum absolute atomic E-state index is 12.7. The zero-order valence-corrected chi connectivity index (χ0v) is 15.0. The van der Waals surface area contributed by atoms with Gasteiger partial charge < -0.3 is 4.74 Å². The quantitative estimate of drug-likeness (QED) is 0.729. The van der Waals surface area contributed by atoms with Crippen molar-refractivity contribution in [2.75, 3.05) is 6.61 Å². The second-order valence-corrected chi connectivity index (χ2v) is 6.69. The van der Waals surface area contributed by atoms with Crippen molar-refractivity contribution in [3.05, 3.63) is 63.9 Å². The number of cyclic esters (lactones) is 1. The third kappa shape index (κ3) is 3.94. The van der Waals surface area contributed by atoms with Gasteiger partial charge in [0.1, 0.15) is 23.0 Å². The highest BCUT2D eigenvalue weighted by Gasteiger charge is 2.39. The van der Waals surface area contributed by atoms with Gasteiger partial charge in [-0.05, 0) is 29.2 Å². The van der Waals surface area contributed by atoms with Crippen molar-refractivity contribution in [2.45, 2.75) is 25.3 Å². The summed E-state index contributed by atoms with van der Waals surface area (Å²) < 4.78 is 5.09. The molecule has 1 aromatic carbocycles. The van der Waals surface area contributed by atoms with Crippen LogP contribution in [0.4, 0.5) is 4.79 Å². The summed E-state index contributed by atoms with van der Waals surface area (Å²) in [4.78, 5) is 29.9. The number of hydrogen-bond donors (Lipinski definition) is 0. The van der Waals surface area contributed by atoms with Gasteiger partial charge in [0.25, 0.3) is 0 Å². The predicted molar refractivity (Wildman–Crippen MR) is 94.7 cm³/mol. The molecular formula is C18H16Cl2N2O3. The van der Waals surface area contributed by atoms with E-state index in [-0.39, 0.29) is 35.2 Å². The summed E-state index contributed by atoms with van der Waals surface area (Å²) in [7, 11) is 0. The third-order valence-electron chi connectivity index (χ3n) is 4.16. The lowest BCUT2D eigenvalue weighted by atomic mass is 9.97. The Labute approximate surface area is 155 Å². The van der Waals surface area contributed by atoms with Crippen LogP contribution in [0.5, 0.6) is 0 Å². The number of carbonyl (C=O) groups is 2. The van der Waals surface area contributed by atoms with E-state index in [1.165, 1.54) is 4.90 Å². The Morgan fingerprint density at radius 1 is 1.28 bits per heavy atom. The number of carbonyl (C=O) groups excluding carboxylic acids is 2. The van der Waals surface area contributed by atoms with E-state index >= 15 is 0 Å². The summed E-state index contributed by atoms with van der Waals surface area (Å²) >= 11 is 11.8. The minimum atomic E-state index is -0.614. The van der Waals surface area contributed by atoms with Crippen molar-refractivity contribution in [3.8, 4) is 0 Å². The van der Waals surface area contributed by atoms with E-state index in [2.05, 4.69) is 4.98 Å². The van der Waals surface area contributed by atoms with Gasteiger partial charge in [0.2, 0.25) is 5.91 Å². The SMILES string of the molecule is C[C@@H](CC(=O)N1C(=O)OC[C@@H]1c1ccccc1)c1cc(Cl)nc(Cl)c1. The number of imide groups is 1. The molecule has 0 radical (unpaired) electrons. The molecule has 2 amide bonds. The van der Waals surface area contributed by atoms with Crippen molar-refractivity contribution in [2.24, 2.45) is 0 Å². The van der Waals surface area contributed by atoms with Crippen LogP contribution in [0.1, 0.15) is 36.4 Å². The minimum Gasteiger partial charge on any atom is -0.446 e. The van der Waals surface area contributed by atoms with Crippen molar-refractivity contribution in [3.63, 3.8) is 0 Å². The van der Waals surface area contributed by atoms with Gasteiger partial charge in [-0.25, -0.2) is 14.7 Å². The monoisotopic (exact) mass is 378 g/mol. The maximum atomic E-state index is 12.7. The van der Waals surface area contributed by atoms with E-state index in [0.717, 1.165) is 11.1 Å². The molecule has 2 heterocycles. The number of benzene rings is 1. The summed E-state index contributed by atoms with van der Waals surface area (Å²) in [6, 6.07) is 12.3. The summed E-state index contributed by atoms with van der Waals surface area (Å²) in [5.41, 5.74) is 1.66. The van der Waals surface area contributed by atoms with Crippen LogP contribution in [0.3, 0.4) is 0 Å². The van der Waals surface area contributed by atoms with E-state index < -0.39 is 12.1 Å². The first-order valence-electron chi connectivity index (χ1n) is 7.82. The Balaban J connectivity index is 1.78. The molecule has 1 saturated heterocycles. The Morgan fingerprint density at radius 2 is 1.92 bits per heavy atom. The molecule has 0 aliphatic carbocycles. The lowest BCUT2D eigenvalue weighted by molar-refractivity contribution is -0.129. The normalized spacial score (nSPS) is 18.1. The Hall–Kier alpha value is -2.11. The smallest absolute Gasteiger partial charge is 0.417 e. The van der Waals surface area contributed by atoms with E-state index in [1.807, 2.05) is 37.3 Å². The molecule has 130 valence electrons. The van der Waals surface area contributed by atoms with E-state index in [0.29, 0.717) is 0 Å². The molecule has 1 fully saturated rings. The molecule has 1 aliphatic rings. The molecule has 5 nitrogen and oxygen atoms in total. The molecular weight excluding hydrogens is 363 g/mol. The number of nitrogens with zero attached hydrogens (tertiary/aromatic N) is 2. The molecule has 0 N–H and O–H groups in total. The number of halogens is 2. The Bertz CT molecular complexity index is 778. The molecule has 1 aromatic heterocycles. The van der Waals surface area contributed by atoms with E-state index in [4.69, 9.17) is 27.9 Å². The topological polar surface area (TPSA) is 59.5 Å². The summed E-state index contributed by atoms with van der Waals surface area (Å²) in [6.45, 7) is 2.04. The number of pyridine rings is 1. The minimum absolute atomic E-state index is 0.134. The fraction of sp³-hybridized carbons (Fsp3) is 0.278. The summed E-state index contributed by atoms with van der Waals surface area (Å²) in [5, 5.41) is 0.536. The number of amides is 2. The van der Waals surface area contributed by atoms with Crippen molar-refractivity contribution >= 4 is 35.2 Å². The van der Waals surface area contributed by atoms with Crippen molar-refractivity contribution < 1.29 is 14.3 Å². The van der Waals surface area contributed by atoms with E-state index in [1.54, 1.807) is 12.1 Å². The zero-order chi connectivity index (χ0) is 18.0. The van der Waals surface area contributed by atoms with Crippen LogP contribution in [0, 0.1) is 0 Å². The number of aromatic nitrogens is 1. The molecule has 25 heavy (non-hydrogen) atoms. The third-order valence-corrected chi connectivity index (χ3v) is 4.55. The van der Waals surface area contributed by atoms with Crippen LogP contribution < -0.4 is 0 Å². The summed E-state index contributed by atoms with van der Waals surface area (Å²) in [6.07, 6.45) is -0.480. The average molecular weight is 379 g/mol. The van der Waals surface area contributed by atoms with Crippen molar-refractivity contribution in [1.82, 2.24) is 9.88 Å². The molecule has 3 rings (SSSR count). The Kier molecular flexibility index (Phi) is 5.25. The number of rotatable bonds is 4. The van der Waals surface area contributed by atoms with Gasteiger partial charge in [0, 0.05) is 6.42 Å². The van der Waals surface area contributed by atoms with Crippen LogP contribution in [-0.4, -0.2) is 28.5 Å². The largest absolute Gasteiger partial charge is 0.446 e. The maximum Gasteiger partial charge on any atom is 0.417 e. The van der Waals surface area contributed by atoms with E-state index in [9.17, 15) is 9.59 Å². The van der Waals surface area contributed by atoms with Gasteiger partial charge >= 0.3 is 6.09 Å². The lowest BCUT2D eigenvalue weighted by Gasteiger charge is -2.22. The van der Waals surface area contributed by atoms with Crippen LogP contribution in [0.15, 0.2) is 42.5 Å². The summed E-state index contributed by atoms with van der Waals surface area (Å²) in [5.74, 6) is -0.469. The van der Waals surface area contributed by atoms with Gasteiger partial charge in [0.05, 0.1) is 0 Å². The van der Waals surface area contributed by atoms with Gasteiger partial charge in [-0.15, -0.1) is 0 Å². The number of ether oxygens (including phenoxy) is 1. The van der Waals surface area contributed by atoms with Crippen LogP contribution >= 0.6 is 23.2 Å². The van der Waals surface area contributed by atoms with Gasteiger partial charge in [0.15, 0.2) is 0 Å². The fourth-order valence-electron chi connectivity index (χ4n) is 2.86. The molecule has 0 saturated carbocycles. The molecule has 0 spiro atoms. The highest BCUT2D eigenvalue weighted by Crippen LogP contribution is 2.31. The lowest BCUT2D eigenvalue weighted by Crippen LogP contribution is -2.34. The van der Waals surface area contributed by atoms with Crippen LogP contribution in [0.2, 0.25) is 10.3 Å². The first kappa shape index (κ1) is 17.7. The fourth-order valence-corrected chi connectivity index (χ4v) is 3.34.